The van der Waals surface area contributed by atoms with Gasteiger partial charge in [0.25, 0.3) is 5.91 Å². The van der Waals surface area contributed by atoms with Gasteiger partial charge in [0.2, 0.25) is 0 Å². The quantitative estimate of drug-likeness (QED) is 0.259. The average molecular weight is 471 g/mol. The first-order chi connectivity index (χ1) is 10.6. The second-order valence-electron chi connectivity index (χ2n) is 5.33. The number of nitrogens with zero attached hydrogens (tertiary/aromatic N) is 1. The van der Waals surface area contributed by atoms with Crippen LogP contribution in [0.2, 0.25) is 10.0 Å². The Hall–Kier alpha value is -0.730. The molecule has 0 spiro atoms. The molecule has 1 saturated carbocycles. The number of hydrogen-bond donors (Lipinski definition) is 3. The van der Waals surface area contributed by atoms with Crippen LogP contribution in [0, 0.1) is 5.92 Å². The van der Waals surface area contributed by atoms with Crippen molar-refractivity contribution < 1.29 is 4.79 Å². The van der Waals surface area contributed by atoms with Crippen LogP contribution in [0.5, 0.6) is 0 Å². The van der Waals surface area contributed by atoms with Gasteiger partial charge in [-0.1, -0.05) is 29.6 Å². The Morgan fingerprint density at radius 2 is 1.91 bits per heavy atom. The van der Waals surface area contributed by atoms with Gasteiger partial charge in [0.1, 0.15) is 0 Å². The van der Waals surface area contributed by atoms with Crippen LogP contribution in [0.1, 0.15) is 29.6 Å². The molecule has 1 aromatic carbocycles. The molecule has 0 unspecified atom stereocenters. The second kappa shape index (κ2) is 10.2. The van der Waals surface area contributed by atoms with E-state index < -0.39 is 0 Å². The van der Waals surface area contributed by atoms with Crippen LogP contribution in [0.4, 0.5) is 0 Å². The number of aliphatic imine (C=N–C) groups is 1. The zero-order valence-corrected chi connectivity index (χ0v) is 16.5. The van der Waals surface area contributed by atoms with Gasteiger partial charge in [-0.25, -0.2) is 0 Å². The molecule has 0 aliphatic heterocycles. The molecule has 0 heterocycles. The van der Waals surface area contributed by atoms with Gasteiger partial charge >= 0.3 is 0 Å². The van der Waals surface area contributed by atoms with E-state index in [-0.39, 0.29) is 29.9 Å². The number of benzene rings is 1. The maximum absolute atomic E-state index is 11.9. The van der Waals surface area contributed by atoms with Crippen LogP contribution in [0.15, 0.2) is 23.2 Å². The summed E-state index contributed by atoms with van der Waals surface area (Å²) in [4.78, 5) is 16.2. The molecule has 2 rings (SSSR count). The maximum atomic E-state index is 11.9. The van der Waals surface area contributed by atoms with Crippen LogP contribution in [0.3, 0.4) is 0 Å². The van der Waals surface area contributed by atoms with Crippen molar-refractivity contribution in [1.29, 1.82) is 0 Å². The summed E-state index contributed by atoms with van der Waals surface area (Å²) in [5.74, 6) is 0.913. The molecule has 1 fully saturated rings. The summed E-state index contributed by atoms with van der Waals surface area (Å²) in [6.07, 6.45) is 3.79. The molecule has 1 aliphatic rings. The van der Waals surface area contributed by atoms with Crippen LogP contribution >= 0.6 is 47.2 Å². The average Bonchev–Trinajstić information content (AvgIpc) is 2.44. The molecular formula is C15H21Cl2IN4O. The minimum Gasteiger partial charge on any atom is -0.370 e. The second-order valence-corrected chi connectivity index (χ2v) is 6.15. The number of halogens is 3. The molecule has 1 aromatic rings. The highest BCUT2D eigenvalue weighted by Gasteiger charge is 2.16. The van der Waals surface area contributed by atoms with E-state index in [2.05, 4.69) is 15.6 Å². The summed E-state index contributed by atoms with van der Waals surface area (Å²) in [6, 6.07) is 4.77. The fraction of sp³-hybridized carbons (Fsp3) is 0.467. The van der Waals surface area contributed by atoms with Gasteiger partial charge in [-0.05, 0) is 37.0 Å². The molecule has 1 aliphatic carbocycles. The number of rotatable bonds is 6. The monoisotopic (exact) mass is 470 g/mol. The lowest BCUT2D eigenvalue weighted by Gasteiger charge is -2.23. The number of nitrogens with two attached hydrogens (primary N) is 1. The van der Waals surface area contributed by atoms with Crippen molar-refractivity contribution in [2.24, 2.45) is 16.6 Å². The van der Waals surface area contributed by atoms with Crippen molar-refractivity contribution >= 4 is 59.0 Å². The molecule has 0 radical (unpaired) electrons. The van der Waals surface area contributed by atoms with E-state index in [1.54, 1.807) is 18.2 Å². The summed E-state index contributed by atoms with van der Waals surface area (Å²) in [7, 11) is 0. The van der Waals surface area contributed by atoms with Gasteiger partial charge in [-0.15, -0.1) is 24.0 Å². The first kappa shape index (κ1) is 20.3. The van der Waals surface area contributed by atoms with Gasteiger partial charge in [0.05, 0.1) is 10.0 Å². The molecule has 0 bridgehead atoms. The minimum atomic E-state index is -0.203. The van der Waals surface area contributed by atoms with Crippen molar-refractivity contribution in [2.45, 2.75) is 19.3 Å². The third kappa shape index (κ3) is 6.73. The van der Waals surface area contributed by atoms with Gasteiger partial charge in [0.15, 0.2) is 5.96 Å². The number of nitrogens with one attached hydrogen (secondary N) is 2. The zero-order chi connectivity index (χ0) is 15.9. The lowest BCUT2D eigenvalue weighted by Crippen LogP contribution is -2.38. The lowest BCUT2D eigenvalue weighted by molar-refractivity contribution is 0.0954. The molecule has 0 saturated heterocycles. The van der Waals surface area contributed by atoms with Gasteiger partial charge < -0.3 is 16.4 Å². The van der Waals surface area contributed by atoms with E-state index in [4.69, 9.17) is 28.9 Å². The Morgan fingerprint density at radius 3 is 2.52 bits per heavy atom. The highest BCUT2D eigenvalue weighted by Crippen LogP contribution is 2.26. The van der Waals surface area contributed by atoms with Gasteiger partial charge in [0, 0.05) is 25.2 Å². The first-order valence-electron chi connectivity index (χ1n) is 7.33. The third-order valence-corrected chi connectivity index (χ3v) is 4.38. The van der Waals surface area contributed by atoms with Crippen molar-refractivity contribution in [2.75, 3.05) is 19.6 Å². The van der Waals surface area contributed by atoms with E-state index in [1.165, 1.54) is 19.3 Å². The first-order valence-corrected chi connectivity index (χ1v) is 8.09. The molecule has 5 nitrogen and oxygen atoms in total. The summed E-state index contributed by atoms with van der Waals surface area (Å²) in [6.45, 7) is 1.75. The molecule has 8 heteroatoms. The largest absolute Gasteiger partial charge is 0.370 e. The third-order valence-electron chi connectivity index (χ3n) is 3.64. The molecule has 23 heavy (non-hydrogen) atoms. The highest BCUT2D eigenvalue weighted by molar-refractivity contribution is 14.0. The Kier molecular flexibility index (Phi) is 9.01. The molecule has 128 valence electrons. The van der Waals surface area contributed by atoms with Crippen LogP contribution in [-0.2, 0) is 0 Å². The van der Waals surface area contributed by atoms with Gasteiger partial charge in [-0.2, -0.15) is 0 Å². The highest BCUT2D eigenvalue weighted by atomic mass is 127. The summed E-state index contributed by atoms with van der Waals surface area (Å²) in [5, 5.41) is 6.54. The fourth-order valence-corrected chi connectivity index (χ4v) is 2.36. The van der Waals surface area contributed by atoms with E-state index in [0.717, 1.165) is 6.54 Å². The van der Waals surface area contributed by atoms with E-state index in [0.29, 0.717) is 40.6 Å². The Morgan fingerprint density at radius 1 is 1.22 bits per heavy atom. The summed E-state index contributed by atoms with van der Waals surface area (Å²) < 4.78 is 0. The molecule has 0 aromatic heterocycles. The zero-order valence-electron chi connectivity index (χ0n) is 12.6. The maximum Gasteiger partial charge on any atom is 0.251 e. The van der Waals surface area contributed by atoms with Crippen molar-refractivity contribution in [1.82, 2.24) is 10.6 Å². The molecule has 1 amide bonds. The summed E-state index contributed by atoms with van der Waals surface area (Å²) >= 11 is 11.7. The smallest absolute Gasteiger partial charge is 0.251 e. The Labute approximate surface area is 163 Å². The van der Waals surface area contributed by atoms with E-state index in [1.807, 2.05) is 0 Å². The number of carbonyl (C=O) groups excluding carboxylic acids is 1. The number of hydrogen-bond acceptors (Lipinski definition) is 2. The predicted molar refractivity (Wildman–Crippen MR) is 106 cm³/mol. The van der Waals surface area contributed by atoms with Crippen LogP contribution in [0.25, 0.3) is 0 Å². The van der Waals surface area contributed by atoms with Crippen molar-refractivity contribution in [3.8, 4) is 0 Å². The van der Waals surface area contributed by atoms with Gasteiger partial charge in [-0.3, -0.25) is 9.79 Å². The van der Waals surface area contributed by atoms with Crippen LogP contribution in [-0.4, -0.2) is 31.5 Å². The molecule has 0 atom stereocenters. The Bertz CT molecular complexity index is 564. The Balaban J connectivity index is 0.00000264. The standard InChI is InChI=1S/C15H20Cl2N4O.HI/c16-12-5-4-11(8-13(12)17)14(22)19-6-7-20-15(18)21-9-10-2-1-3-10;/h4-5,8,10H,1-3,6-7,9H2,(H,19,22)(H3,18,20,21);1H. The number of guanidine groups is 1. The van der Waals surface area contributed by atoms with E-state index in [9.17, 15) is 4.79 Å². The normalized spacial score (nSPS) is 14.6. The number of amides is 1. The topological polar surface area (TPSA) is 79.5 Å². The predicted octanol–water partition coefficient (Wildman–Crippen LogP) is 3.05. The van der Waals surface area contributed by atoms with E-state index >= 15 is 0 Å². The van der Waals surface area contributed by atoms with Crippen LogP contribution < -0.4 is 16.4 Å². The molecule has 4 N–H and O–H groups in total. The fourth-order valence-electron chi connectivity index (χ4n) is 2.06. The summed E-state index contributed by atoms with van der Waals surface area (Å²) in [5.41, 5.74) is 6.23. The van der Waals surface area contributed by atoms with Crippen molar-refractivity contribution in [3.05, 3.63) is 33.8 Å². The molecular weight excluding hydrogens is 450 g/mol. The van der Waals surface area contributed by atoms with Crippen molar-refractivity contribution in [3.63, 3.8) is 0 Å². The SMILES string of the molecule is I.NC(=NCC1CCC1)NCCNC(=O)c1ccc(Cl)c(Cl)c1. The minimum absolute atomic E-state index is 0. The number of carbonyl (C=O) groups is 1. The lowest BCUT2D eigenvalue weighted by atomic mass is 9.86.